The first kappa shape index (κ1) is 18.5. The van der Waals surface area contributed by atoms with Crippen LogP contribution in [0.5, 0.6) is 5.75 Å². The van der Waals surface area contributed by atoms with Crippen LogP contribution in [0.25, 0.3) is 0 Å². The number of carbonyl (C=O) groups is 1. The first-order chi connectivity index (χ1) is 12.0. The molecule has 1 amide bonds. The van der Waals surface area contributed by atoms with Crippen LogP contribution in [0.3, 0.4) is 0 Å². The van der Waals surface area contributed by atoms with Crippen LogP contribution in [0.4, 0.5) is 5.69 Å². The Bertz CT molecular complexity index is 754. The molecule has 0 saturated heterocycles. The molecule has 2 rings (SSSR count). The quantitative estimate of drug-likeness (QED) is 0.609. The molecular weight excluding hydrogens is 316 g/mol. The van der Waals surface area contributed by atoms with Gasteiger partial charge in [-0.3, -0.25) is 4.79 Å². The normalized spacial score (nSPS) is 10.9. The van der Waals surface area contributed by atoms with E-state index in [4.69, 9.17) is 9.57 Å². The Morgan fingerprint density at radius 2 is 1.96 bits per heavy atom. The molecule has 25 heavy (non-hydrogen) atoms. The van der Waals surface area contributed by atoms with Crippen molar-refractivity contribution in [2.75, 3.05) is 19.0 Å². The summed E-state index contributed by atoms with van der Waals surface area (Å²) in [5.41, 5.74) is 3.76. The number of benzene rings is 2. The van der Waals surface area contributed by atoms with Crippen molar-refractivity contribution in [3.05, 3.63) is 59.2 Å². The summed E-state index contributed by atoms with van der Waals surface area (Å²) in [6.07, 6.45) is 1.53. The minimum atomic E-state index is -0.242. The van der Waals surface area contributed by atoms with Crippen LogP contribution in [-0.4, -0.2) is 25.8 Å². The summed E-state index contributed by atoms with van der Waals surface area (Å²) in [6.45, 7) is 6.01. The summed E-state index contributed by atoms with van der Waals surface area (Å²) in [7, 11) is 1.59. The number of ether oxygens (including phenoxy) is 1. The molecule has 0 aliphatic carbocycles. The number of amides is 1. The molecule has 2 aromatic rings. The van der Waals surface area contributed by atoms with E-state index in [1.807, 2.05) is 49.4 Å². The van der Waals surface area contributed by atoms with Gasteiger partial charge in [0.05, 0.1) is 13.3 Å². The number of methoxy groups -OCH3 is 1. The number of aryl methyl sites for hydroxylation is 1. The van der Waals surface area contributed by atoms with Crippen LogP contribution in [0.15, 0.2) is 47.6 Å². The first-order valence-electron chi connectivity index (χ1n) is 8.20. The third kappa shape index (κ3) is 5.08. The van der Waals surface area contributed by atoms with Crippen LogP contribution < -0.4 is 10.1 Å². The molecule has 0 atom stereocenters. The fourth-order valence-corrected chi connectivity index (χ4v) is 2.48. The van der Waals surface area contributed by atoms with Crippen molar-refractivity contribution in [2.45, 2.75) is 26.7 Å². The van der Waals surface area contributed by atoms with E-state index in [-0.39, 0.29) is 12.5 Å². The number of hydrogen-bond donors (Lipinski definition) is 1. The van der Waals surface area contributed by atoms with Gasteiger partial charge in [-0.25, -0.2) is 0 Å². The highest BCUT2D eigenvalue weighted by molar-refractivity contribution is 5.93. The second kappa shape index (κ2) is 8.87. The average molecular weight is 340 g/mol. The van der Waals surface area contributed by atoms with E-state index in [1.165, 1.54) is 6.21 Å². The largest absolute Gasteiger partial charge is 0.496 e. The van der Waals surface area contributed by atoms with Crippen LogP contribution in [0.2, 0.25) is 0 Å². The van der Waals surface area contributed by atoms with Crippen molar-refractivity contribution in [2.24, 2.45) is 5.16 Å². The van der Waals surface area contributed by atoms with Gasteiger partial charge in [0.25, 0.3) is 5.91 Å². The van der Waals surface area contributed by atoms with E-state index in [9.17, 15) is 4.79 Å². The monoisotopic (exact) mass is 340 g/mol. The van der Waals surface area contributed by atoms with Gasteiger partial charge in [-0.1, -0.05) is 49.3 Å². The van der Waals surface area contributed by atoms with E-state index < -0.39 is 0 Å². The lowest BCUT2D eigenvalue weighted by atomic mass is 9.98. The Morgan fingerprint density at radius 3 is 2.68 bits per heavy atom. The van der Waals surface area contributed by atoms with Crippen molar-refractivity contribution >= 4 is 17.8 Å². The summed E-state index contributed by atoms with van der Waals surface area (Å²) in [5.74, 6) is 0.772. The number of nitrogens with one attached hydrogen (secondary N) is 1. The Labute approximate surface area is 148 Å². The highest BCUT2D eigenvalue weighted by atomic mass is 16.6. The van der Waals surface area contributed by atoms with E-state index in [2.05, 4.69) is 24.3 Å². The fraction of sp³-hybridized carbons (Fsp3) is 0.300. The topological polar surface area (TPSA) is 59.9 Å². The van der Waals surface area contributed by atoms with Gasteiger partial charge in [0, 0.05) is 11.3 Å². The number of para-hydroxylation sites is 2. The van der Waals surface area contributed by atoms with Gasteiger partial charge in [0.1, 0.15) is 5.75 Å². The van der Waals surface area contributed by atoms with Gasteiger partial charge in [-0.05, 0) is 36.1 Å². The lowest BCUT2D eigenvalue weighted by Gasteiger charge is -2.16. The Balaban J connectivity index is 1.95. The van der Waals surface area contributed by atoms with E-state index in [1.54, 1.807) is 7.11 Å². The number of nitrogens with zero attached hydrogens (tertiary/aromatic N) is 1. The van der Waals surface area contributed by atoms with Gasteiger partial charge in [-0.15, -0.1) is 0 Å². The fourth-order valence-electron chi connectivity index (χ4n) is 2.48. The molecule has 0 fully saturated rings. The molecule has 0 aliphatic rings. The molecule has 5 nitrogen and oxygen atoms in total. The molecule has 0 saturated carbocycles. The third-order valence-corrected chi connectivity index (χ3v) is 3.79. The molecule has 0 spiro atoms. The Hall–Kier alpha value is -2.82. The summed E-state index contributed by atoms with van der Waals surface area (Å²) in [5, 5.41) is 6.76. The molecule has 0 bridgehead atoms. The maximum atomic E-state index is 12.1. The van der Waals surface area contributed by atoms with Crippen molar-refractivity contribution < 1.29 is 14.4 Å². The minimum Gasteiger partial charge on any atom is -0.496 e. The zero-order valence-electron chi connectivity index (χ0n) is 15.1. The maximum Gasteiger partial charge on any atom is 0.265 e. The minimum absolute atomic E-state index is 0.155. The number of carbonyl (C=O) groups excluding carboxylic acids is 1. The number of anilines is 1. The zero-order valence-corrected chi connectivity index (χ0v) is 15.1. The van der Waals surface area contributed by atoms with Crippen molar-refractivity contribution in [1.82, 2.24) is 0 Å². The molecule has 132 valence electrons. The lowest BCUT2D eigenvalue weighted by Crippen LogP contribution is -2.19. The SMILES string of the molecule is COc1ccccc1/C=N\OCC(=O)Nc1c(C)cccc1C(C)C. The maximum absolute atomic E-state index is 12.1. The summed E-state index contributed by atoms with van der Waals surface area (Å²) in [4.78, 5) is 17.3. The Morgan fingerprint density at radius 1 is 1.20 bits per heavy atom. The number of hydrogen-bond acceptors (Lipinski definition) is 4. The average Bonchev–Trinajstić information content (AvgIpc) is 2.60. The van der Waals surface area contributed by atoms with E-state index >= 15 is 0 Å². The second-order valence-corrected chi connectivity index (χ2v) is 5.99. The van der Waals surface area contributed by atoms with Crippen LogP contribution in [0.1, 0.15) is 36.5 Å². The first-order valence-corrected chi connectivity index (χ1v) is 8.20. The smallest absolute Gasteiger partial charge is 0.265 e. The molecule has 2 aromatic carbocycles. The summed E-state index contributed by atoms with van der Waals surface area (Å²) < 4.78 is 5.23. The highest BCUT2D eigenvalue weighted by Crippen LogP contribution is 2.27. The van der Waals surface area contributed by atoms with Crippen molar-refractivity contribution in [1.29, 1.82) is 0 Å². The summed E-state index contributed by atoms with van der Waals surface area (Å²) in [6, 6.07) is 13.4. The number of oxime groups is 1. The molecule has 0 aliphatic heterocycles. The zero-order chi connectivity index (χ0) is 18.2. The predicted octanol–water partition coefficient (Wildman–Crippen LogP) is 4.12. The van der Waals surface area contributed by atoms with Crippen LogP contribution in [-0.2, 0) is 9.63 Å². The molecule has 0 heterocycles. The lowest BCUT2D eigenvalue weighted by molar-refractivity contribution is -0.120. The molecule has 0 aromatic heterocycles. The standard InChI is InChI=1S/C20H24N2O3/c1-14(2)17-10-7-8-15(3)20(17)22-19(23)13-25-21-12-16-9-5-6-11-18(16)24-4/h5-12,14H,13H2,1-4H3,(H,22,23)/b21-12-. The van der Waals surface area contributed by atoms with E-state index in [0.717, 1.165) is 22.4 Å². The summed E-state index contributed by atoms with van der Waals surface area (Å²) >= 11 is 0. The van der Waals surface area contributed by atoms with Gasteiger partial charge < -0.3 is 14.9 Å². The van der Waals surface area contributed by atoms with Crippen molar-refractivity contribution in [3.63, 3.8) is 0 Å². The predicted molar refractivity (Wildman–Crippen MR) is 100 cm³/mol. The van der Waals surface area contributed by atoms with Crippen LogP contribution >= 0.6 is 0 Å². The Kier molecular flexibility index (Phi) is 6.57. The number of rotatable bonds is 7. The van der Waals surface area contributed by atoms with Gasteiger partial charge in [0.2, 0.25) is 0 Å². The molecule has 5 heteroatoms. The van der Waals surface area contributed by atoms with Gasteiger partial charge in [-0.2, -0.15) is 0 Å². The van der Waals surface area contributed by atoms with E-state index in [0.29, 0.717) is 11.7 Å². The molecule has 1 N–H and O–H groups in total. The van der Waals surface area contributed by atoms with Crippen molar-refractivity contribution in [3.8, 4) is 5.75 Å². The van der Waals surface area contributed by atoms with Gasteiger partial charge >= 0.3 is 0 Å². The van der Waals surface area contributed by atoms with Gasteiger partial charge in [0.15, 0.2) is 6.61 Å². The molecule has 0 radical (unpaired) electrons. The molecule has 0 unspecified atom stereocenters. The second-order valence-electron chi connectivity index (χ2n) is 5.99. The highest BCUT2D eigenvalue weighted by Gasteiger charge is 2.12. The molecular formula is C20H24N2O3. The third-order valence-electron chi connectivity index (χ3n) is 3.79. The van der Waals surface area contributed by atoms with Crippen LogP contribution in [0, 0.1) is 6.92 Å².